The van der Waals surface area contributed by atoms with Gasteiger partial charge in [-0.1, -0.05) is 11.6 Å². The van der Waals surface area contributed by atoms with Crippen LogP contribution in [-0.4, -0.2) is 51.9 Å². The van der Waals surface area contributed by atoms with Crippen molar-refractivity contribution < 1.29 is 17.9 Å². The largest absolute Gasteiger partial charge is 0.482 e. The van der Waals surface area contributed by atoms with Gasteiger partial charge in [-0.15, -0.1) is 12.4 Å². The Morgan fingerprint density at radius 3 is 2.83 bits per heavy atom. The third-order valence-corrected chi connectivity index (χ3v) is 5.76. The highest BCUT2D eigenvalue weighted by atomic mass is 35.5. The van der Waals surface area contributed by atoms with Crippen LogP contribution < -0.4 is 15.8 Å². The molecule has 0 saturated carbocycles. The molecule has 1 fully saturated rings. The fraction of sp³-hybridized carbons (Fsp3) is 0.500. The van der Waals surface area contributed by atoms with Gasteiger partial charge >= 0.3 is 0 Å². The molecule has 24 heavy (non-hydrogen) atoms. The minimum Gasteiger partial charge on any atom is -0.482 e. The molecule has 1 aromatic carbocycles. The van der Waals surface area contributed by atoms with Crippen LogP contribution in [0, 0.1) is 5.92 Å². The molecule has 0 aliphatic carbocycles. The second kappa shape index (κ2) is 8.87. The average Bonchev–Trinajstić information content (AvgIpc) is 2.95. The molecule has 0 radical (unpaired) electrons. The van der Waals surface area contributed by atoms with Crippen LogP contribution in [0.4, 0.5) is 0 Å². The van der Waals surface area contributed by atoms with E-state index in [4.69, 9.17) is 22.1 Å². The first-order valence-corrected chi connectivity index (χ1v) is 9.01. The summed E-state index contributed by atoms with van der Waals surface area (Å²) >= 11 is 5.93. The predicted molar refractivity (Wildman–Crippen MR) is 94.2 cm³/mol. The molecule has 0 aromatic heterocycles. The maximum absolute atomic E-state index is 12.9. The number of hydrogen-bond donors (Lipinski definition) is 2. The Bertz CT molecular complexity index is 685. The summed E-state index contributed by atoms with van der Waals surface area (Å²) in [6.45, 7) is 1.24. The zero-order valence-corrected chi connectivity index (χ0v) is 15.6. The molecular weight excluding hydrogens is 377 g/mol. The minimum absolute atomic E-state index is 0. The first-order valence-electron chi connectivity index (χ1n) is 7.20. The Morgan fingerprint density at radius 2 is 2.21 bits per heavy atom. The fourth-order valence-electron chi connectivity index (χ4n) is 2.56. The Hall–Kier alpha value is -1.06. The van der Waals surface area contributed by atoms with Crippen LogP contribution in [0.5, 0.6) is 5.75 Å². The van der Waals surface area contributed by atoms with E-state index >= 15 is 0 Å². The van der Waals surface area contributed by atoms with Gasteiger partial charge in [0.1, 0.15) is 10.6 Å². The number of ether oxygens (including phenoxy) is 1. The van der Waals surface area contributed by atoms with Crippen LogP contribution >= 0.6 is 24.0 Å². The molecule has 1 saturated heterocycles. The Kier molecular flexibility index (Phi) is 7.75. The van der Waals surface area contributed by atoms with Crippen molar-refractivity contribution in [2.24, 2.45) is 11.7 Å². The van der Waals surface area contributed by atoms with Gasteiger partial charge in [0.15, 0.2) is 6.61 Å². The lowest BCUT2D eigenvalue weighted by Crippen LogP contribution is -2.31. The number of halogens is 2. The van der Waals surface area contributed by atoms with Crippen molar-refractivity contribution in [1.82, 2.24) is 9.62 Å². The first kappa shape index (κ1) is 21.0. The van der Waals surface area contributed by atoms with Crippen molar-refractivity contribution in [1.29, 1.82) is 0 Å². The number of sulfonamides is 1. The molecule has 0 spiro atoms. The lowest BCUT2D eigenvalue weighted by atomic mass is 10.1. The number of benzene rings is 1. The van der Waals surface area contributed by atoms with Gasteiger partial charge in [0.2, 0.25) is 10.0 Å². The van der Waals surface area contributed by atoms with E-state index in [0.29, 0.717) is 13.1 Å². The molecule has 136 valence electrons. The van der Waals surface area contributed by atoms with E-state index in [1.807, 2.05) is 7.05 Å². The molecule has 1 aliphatic rings. The SMILES string of the molecule is CNCC1CCN(S(=O)(=O)c2cc(Cl)ccc2OCC(N)=O)C1.Cl. The maximum atomic E-state index is 12.9. The third kappa shape index (κ3) is 4.97. The number of nitrogens with zero attached hydrogens (tertiary/aromatic N) is 1. The van der Waals surface area contributed by atoms with Crippen molar-refractivity contribution in [2.45, 2.75) is 11.3 Å². The van der Waals surface area contributed by atoms with Gasteiger partial charge in [0, 0.05) is 18.1 Å². The smallest absolute Gasteiger partial charge is 0.255 e. The quantitative estimate of drug-likeness (QED) is 0.709. The number of nitrogens with two attached hydrogens (primary N) is 1. The van der Waals surface area contributed by atoms with Crippen LogP contribution in [0.25, 0.3) is 0 Å². The van der Waals surface area contributed by atoms with Crippen LogP contribution in [0.2, 0.25) is 5.02 Å². The van der Waals surface area contributed by atoms with Crippen LogP contribution in [0.15, 0.2) is 23.1 Å². The number of hydrogen-bond acceptors (Lipinski definition) is 5. The van der Waals surface area contributed by atoms with E-state index in [0.717, 1.165) is 13.0 Å². The summed E-state index contributed by atoms with van der Waals surface area (Å²) in [6, 6.07) is 4.27. The maximum Gasteiger partial charge on any atom is 0.255 e. The topological polar surface area (TPSA) is 102 Å². The molecule has 3 N–H and O–H groups in total. The number of carbonyl (C=O) groups excluding carboxylic acids is 1. The molecule has 7 nitrogen and oxygen atoms in total. The number of amides is 1. The van der Waals surface area contributed by atoms with E-state index in [-0.39, 0.29) is 34.0 Å². The summed E-state index contributed by atoms with van der Waals surface area (Å²) in [6.07, 6.45) is 0.790. The highest BCUT2D eigenvalue weighted by Crippen LogP contribution is 2.32. The molecule has 1 atom stereocenters. The van der Waals surface area contributed by atoms with Crippen molar-refractivity contribution in [3.63, 3.8) is 0 Å². The minimum atomic E-state index is -3.75. The van der Waals surface area contributed by atoms with Gasteiger partial charge in [0.05, 0.1) is 0 Å². The van der Waals surface area contributed by atoms with Gasteiger partial charge in [-0.25, -0.2) is 8.42 Å². The third-order valence-electron chi connectivity index (χ3n) is 3.63. The second-order valence-corrected chi connectivity index (χ2v) is 7.76. The summed E-state index contributed by atoms with van der Waals surface area (Å²) in [5.41, 5.74) is 5.05. The van der Waals surface area contributed by atoms with Gasteiger partial charge < -0.3 is 15.8 Å². The highest BCUT2D eigenvalue weighted by molar-refractivity contribution is 7.89. The average molecular weight is 398 g/mol. The summed E-state index contributed by atoms with van der Waals surface area (Å²) in [4.78, 5) is 10.8. The van der Waals surface area contributed by atoms with Crippen LogP contribution in [0.3, 0.4) is 0 Å². The normalized spacial score (nSPS) is 18.2. The Morgan fingerprint density at radius 1 is 1.50 bits per heavy atom. The lowest BCUT2D eigenvalue weighted by molar-refractivity contribution is -0.120. The van der Waals surface area contributed by atoms with Crippen LogP contribution in [-0.2, 0) is 14.8 Å². The second-order valence-electron chi connectivity index (χ2n) is 5.42. The standard InChI is InChI=1S/C14H20ClN3O4S.ClH/c1-17-7-10-4-5-18(8-10)23(20,21)13-6-11(15)2-3-12(13)22-9-14(16)19;/h2-3,6,10,17H,4-5,7-9H2,1H3,(H2,16,19);1H. The molecular formula is C14H21Cl2N3O4S. The molecule has 10 heteroatoms. The molecule has 1 aromatic rings. The summed E-state index contributed by atoms with van der Waals surface area (Å²) < 4.78 is 32.3. The van der Waals surface area contributed by atoms with Gasteiger partial charge in [-0.3, -0.25) is 4.79 Å². The van der Waals surface area contributed by atoms with E-state index in [2.05, 4.69) is 5.32 Å². The Labute approximate surface area is 152 Å². The van der Waals surface area contributed by atoms with E-state index in [1.165, 1.54) is 22.5 Å². The first-order chi connectivity index (χ1) is 10.8. The molecule has 1 heterocycles. The van der Waals surface area contributed by atoms with E-state index in [9.17, 15) is 13.2 Å². The van der Waals surface area contributed by atoms with E-state index < -0.39 is 22.5 Å². The molecule has 0 bridgehead atoms. The lowest BCUT2D eigenvalue weighted by Gasteiger charge is -2.19. The number of nitrogens with one attached hydrogen (secondary N) is 1. The Balaban J connectivity index is 0.00000288. The number of carbonyl (C=O) groups is 1. The van der Waals surface area contributed by atoms with Gasteiger partial charge in [-0.05, 0) is 44.1 Å². The monoisotopic (exact) mass is 397 g/mol. The summed E-state index contributed by atoms with van der Waals surface area (Å²) in [7, 11) is -1.91. The fourth-order valence-corrected chi connectivity index (χ4v) is 4.49. The highest BCUT2D eigenvalue weighted by Gasteiger charge is 2.34. The molecule has 2 rings (SSSR count). The summed E-state index contributed by atoms with van der Waals surface area (Å²) in [5.74, 6) is -0.340. The van der Waals surface area contributed by atoms with Gasteiger partial charge in [0.25, 0.3) is 5.91 Å². The molecule has 1 amide bonds. The number of primary amides is 1. The van der Waals surface area contributed by atoms with Gasteiger partial charge in [-0.2, -0.15) is 4.31 Å². The molecule has 1 unspecified atom stereocenters. The predicted octanol–water partition coefficient (Wildman–Crippen LogP) is 0.856. The summed E-state index contributed by atoms with van der Waals surface area (Å²) in [5, 5.41) is 3.33. The van der Waals surface area contributed by atoms with Crippen LogP contribution in [0.1, 0.15) is 6.42 Å². The van der Waals surface area contributed by atoms with Crippen molar-refractivity contribution in [3.05, 3.63) is 23.2 Å². The van der Waals surface area contributed by atoms with Crippen molar-refractivity contribution >= 4 is 39.9 Å². The zero-order chi connectivity index (χ0) is 17.0. The molecule has 1 aliphatic heterocycles. The van der Waals surface area contributed by atoms with Crippen molar-refractivity contribution in [3.8, 4) is 5.75 Å². The number of rotatable bonds is 7. The van der Waals surface area contributed by atoms with E-state index in [1.54, 1.807) is 0 Å². The van der Waals surface area contributed by atoms with Crippen molar-refractivity contribution in [2.75, 3.05) is 33.3 Å². The zero-order valence-electron chi connectivity index (χ0n) is 13.2.